The first-order chi connectivity index (χ1) is 16.5. The van der Waals surface area contributed by atoms with Crippen molar-refractivity contribution in [1.29, 1.82) is 0 Å². The van der Waals surface area contributed by atoms with E-state index in [-0.39, 0.29) is 16.2 Å². The van der Waals surface area contributed by atoms with Gasteiger partial charge in [-0.1, -0.05) is 23.0 Å². The van der Waals surface area contributed by atoms with E-state index in [1.165, 1.54) is 12.1 Å². The van der Waals surface area contributed by atoms with E-state index in [1.54, 1.807) is 0 Å². The number of benzene rings is 2. The van der Waals surface area contributed by atoms with Crippen LogP contribution in [0.2, 0.25) is 0 Å². The van der Waals surface area contributed by atoms with E-state index in [0.29, 0.717) is 12.1 Å². The van der Waals surface area contributed by atoms with Crippen molar-refractivity contribution in [3.05, 3.63) is 65.6 Å². The van der Waals surface area contributed by atoms with Crippen molar-refractivity contribution < 1.29 is 46.4 Å². The summed E-state index contributed by atoms with van der Waals surface area (Å²) >= 11 is 0.734. The molecule has 7 nitrogen and oxygen atoms in total. The highest BCUT2D eigenvalue weighted by Crippen LogP contribution is 2.40. The number of ether oxygens (including phenoxy) is 1. The molecule has 3 aromatic rings. The van der Waals surface area contributed by atoms with Crippen LogP contribution >= 0.6 is 11.8 Å². The molecule has 0 spiro atoms. The fourth-order valence-corrected chi connectivity index (χ4v) is 4.73. The lowest BCUT2D eigenvalue weighted by atomic mass is 9.97. The number of hydrogen-bond acceptors (Lipinski definition) is 7. The van der Waals surface area contributed by atoms with Gasteiger partial charge in [-0.25, -0.2) is 17.9 Å². The number of thioether (sulfide) groups is 1. The van der Waals surface area contributed by atoms with Crippen molar-refractivity contribution in [2.24, 2.45) is 0 Å². The van der Waals surface area contributed by atoms with E-state index < -0.39 is 65.6 Å². The summed E-state index contributed by atoms with van der Waals surface area (Å²) in [6.07, 6.45) is -7.81. The van der Waals surface area contributed by atoms with Crippen LogP contribution in [0.5, 0.6) is 0 Å². The summed E-state index contributed by atoms with van der Waals surface area (Å²) in [6, 6.07) is 4.36. The molecule has 0 amide bonds. The zero-order valence-corrected chi connectivity index (χ0v) is 18.2. The Hall–Kier alpha value is -2.65. The highest BCUT2D eigenvalue weighted by molar-refractivity contribution is 7.99. The second kappa shape index (κ2) is 9.78. The molecular weight excluding hydrogens is 504 g/mol. The Labute approximate surface area is 198 Å². The molecule has 1 fully saturated rings. The van der Waals surface area contributed by atoms with Gasteiger partial charge in [0, 0.05) is 10.5 Å². The van der Waals surface area contributed by atoms with Crippen LogP contribution in [0.1, 0.15) is 11.6 Å². The second-order valence-corrected chi connectivity index (χ2v) is 8.85. The summed E-state index contributed by atoms with van der Waals surface area (Å²) in [6.45, 7) is -0.694. The predicted molar refractivity (Wildman–Crippen MR) is 109 cm³/mol. The third-order valence-corrected chi connectivity index (χ3v) is 6.51. The number of rotatable bonds is 5. The molecule has 1 aliphatic heterocycles. The zero-order valence-electron chi connectivity index (χ0n) is 17.4. The summed E-state index contributed by atoms with van der Waals surface area (Å²) < 4.78 is 86.1. The molecule has 0 saturated carbocycles. The Morgan fingerprint density at radius 2 is 1.71 bits per heavy atom. The minimum Gasteiger partial charge on any atom is -0.394 e. The van der Waals surface area contributed by atoms with Crippen LogP contribution < -0.4 is 0 Å². The van der Waals surface area contributed by atoms with Crippen LogP contribution in [-0.2, 0) is 10.9 Å². The summed E-state index contributed by atoms with van der Waals surface area (Å²) in [5, 5.41) is 38.7. The van der Waals surface area contributed by atoms with Crippen LogP contribution in [0.15, 0.2) is 47.5 Å². The van der Waals surface area contributed by atoms with Crippen molar-refractivity contribution in [3.63, 3.8) is 0 Å². The number of nitrogens with zero attached hydrogens (tertiary/aromatic N) is 3. The van der Waals surface area contributed by atoms with Crippen LogP contribution in [0.4, 0.5) is 26.3 Å². The third-order valence-electron chi connectivity index (χ3n) is 5.36. The SMILES string of the molecule is OCC1O[C@H](Sc2cccc(C(F)(F)F)c2)[C@@H](O)C(n2cc(-c3cc(F)c(F)c(F)c3)nn2)[C@H]1O. The van der Waals surface area contributed by atoms with Gasteiger partial charge in [-0.2, -0.15) is 13.2 Å². The van der Waals surface area contributed by atoms with E-state index in [9.17, 15) is 41.7 Å². The molecule has 0 aliphatic carbocycles. The van der Waals surface area contributed by atoms with Crippen molar-refractivity contribution in [2.45, 2.75) is 40.9 Å². The van der Waals surface area contributed by atoms with E-state index in [2.05, 4.69) is 10.3 Å². The molecular formula is C21H17F6N3O4S. The maximum Gasteiger partial charge on any atom is 0.416 e. The summed E-state index contributed by atoms with van der Waals surface area (Å²) in [5.41, 5.74) is -2.44. The van der Waals surface area contributed by atoms with Crippen LogP contribution in [-0.4, -0.2) is 60.7 Å². The molecule has 1 aromatic heterocycles. The summed E-state index contributed by atoms with van der Waals surface area (Å²) in [4.78, 5) is 0.104. The standard InChI is InChI=1S/C21H17F6N3O4S/c22-12-4-9(5-13(23)16(12)24)14-7-30(29-28-14)17-18(32)15(8-31)34-20(19(17)33)35-11-3-1-2-10(6-11)21(25,26)27/h1-7,15,17-20,31-33H,8H2/t15?,17?,18-,19-,20+/m0/s1. The first kappa shape index (κ1) is 25.4. The van der Waals surface area contributed by atoms with Gasteiger partial charge in [-0.15, -0.1) is 5.10 Å². The molecule has 14 heteroatoms. The van der Waals surface area contributed by atoms with Gasteiger partial charge in [-0.05, 0) is 30.3 Å². The first-order valence-electron chi connectivity index (χ1n) is 10.0. The average molecular weight is 521 g/mol. The maximum absolute atomic E-state index is 13.6. The molecule has 1 saturated heterocycles. The molecule has 1 aliphatic rings. The normalized spacial score (nSPS) is 25.1. The van der Waals surface area contributed by atoms with E-state index in [0.717, 1.165) is 34.8 Å². The van der Waals surface area contributed by atoms with Crippen LogP contribution in [0, 0.1) is 17.5 Å². The molecule has 35 heavy (non-hydrogen) atoms. The Morgan fingerprint density at radius 3 is 2.34 bits per heavy atom. The molecule has 2 aromatic carbocycles. The molecule has 4 rings (SSSR count). The molecule has 3 N–H and O–H groups in total. The Bertz CT molecular complexity index is 1190. The number of aliphatic hydroxyl groups is 3. The average Bonchev–Trinajstić information content (AvgIpc) is 3.28. The van der Waals surface area contributed by atoms with E-state index in [4.69, 9.17) is 4.74 Å². The van der Waals surface area contributed by atoms with Gasteiger partial charge in [0.2, 0.25) is 0 Å². The van der Waals surface area contributed by atoms with Gasteiger partial charge in [0.05, 0.1) is 18.4 Å². The number of halogens is 6. The Balaban J connectivity index is 1.63. The fourth-order valence-electron chi connectivity index (χ4n) is 3.62. The van der Waals surface area contributed by atoms with Gasteiger partial charge < -0.3 is 20.1 Å². The zero-order chi connectivity index (χ0) is 25.5. The summed E-state index contributed by atoms with van der Waals surface area (Å²) in [7, 11) is 0. The lowest BCUT2D eigenvalue weighted by molar-refractivity contribution is -0.178. The minimum atomic E-state index is -4.59. The molecule has 188 valence electrons. The van der Waals surface area contributed by atoms with Crippen molar-refractivity contribution >= 4 is 11.8 Å². The van der Waals surface area contributed by atoms with Gasteiger partial charge in [0.25, 0.3) is 0 Å². The lowest BCUT2D eigenvalue weighted by Gasteiger charge is -2.41. The second-order valence-electron chi connectivity index (χ2n) is 7.68. The number of aromatic nitrogens is 3. The highest BCUT2D eigenvalue weighted by atomic mass is 32.2. The predicted octanol–water partition coefficient (Wildman–Crippen LogP) is 3.15. The van der Waals surface area contributed by atoms with Gasteiger partial charge >= 0.3 is 6.18 Å². The fraction of sp³-hybridized carbons (Fsp3) is 0.333. The van der Waals surface area contributed by atoms with Crippen molar-refractivity contribution in [2.75, 3.05) is 6.61 Å². The number of hydrogen-bond donors (Lipinski definition) is 3. The molecule has 5 atom stereocenters. The molecule has 2 unspecified atom stereocenters. The largest absolute Gasteiger partial charge is 0.416 e. The quantitative estimate of drug-likeness (QED) is 0.350. The van der Waals surface area contributed by atoms with Crippen molar-refractivity contribution in [3.8, 4) is 11.3 Å². The Kier molecular flexibility index (Phi) is 7.11. The van der Waals surface area contributed by atoms with Crippen LogP contribution in [0.3, 0.4) is 0 Å². The first-order valence-corrected chi connectivity index (χ1v) is 10.9. The molecule has 0 bridgehead atoms. The summed E-state index contributed by atoms with van der Waals surface area (Å²) in [5.74, 6) is -4.59. The molecule has 2 heterocycles. The number of alkyl halides is 3. The third kappa shape index (κ3) is 5.16. The lowest BCUT2D eigenvalue weighted by Crippen LogP contribution is -2.55. The monoisotopic (exact) mass is 521 g/mol. The smallest absolute Gasteiger partial charge is 0.394 e. The van der Waals surface area contributed by atoms with E-state index >= 15 is 0 Å². The van der Waals surface area contributed by atoms with Gasteiger partial charge in [-0.3, -0.25) is 0 Å². The maximum atomic E-state index is 13.6. The number of aliphatic hydroxyl groups excluding tert-OH is 3. The van der Waals surface area contributed by atoms with Gasteiger partial charge in [0.1, 0.15) is 35.5 Å². The van der Waals surface area contributed by atoms with Crippen molar-refractivity contribution in [1.82, 2.24) is 15.0 Å². The topological polar surface area (TPSA) is 101 Å². The Morgan fingerprint density at radius 1 is 1.03 bits per heavy atom. The minimum absolute atomic E-state index is 0.104. The van der Waals surface area contributed by atoms with Gasteiger partial charge in [0.15, 0.2) is 17.5 Å². The highest BCUT2D eigenvalue weighted by Gasteiger charge is 2.46. The van der Waals surface area contributed by atoms with Crippen LogP contribution in [0.25, 0.3) is 11.3 Å². The van der Waals surface area contributed by atoms with E-state index in [1.807, 2.05) is 0 Å². The molecule has 0 radical (unpaired) electrons.